The zero-order valence-electron chi connectivity index (χ0n) is 16.0. The molecule has 0 N–H and O–H groups in total. The fourth-order valence-corrected chi connectivity index (χ4v) is 5.19. The summed E-state index contributed by atoms with van der Waals surface area (Å²) in [6.07, 6.45) is 0. The van der Waals surface area contributed by atoms with Crippen molar-refractivity contribution in [3.05, 3.63) is 57.7 Å². The maximum Gasteiger partial charge on any atom is 0.340 e. The number of esters is 1. The zero-order valence-corrected chi connectivity index (χ0v) is 18.4. The minimum absolute atomic E-state index is 0.313. The second-order valence-corrected chi connectivity index (χ2v) is 8.72. The van der Waals surface area contributed by atoms with Crippen LogP contribution in [0.2, 0.25) is 0 Å². The first-order chi connectivity index (χ1) is 13.5. The fraction of sp³-hybridized carbons (Fsp3) is 0.286. The minimum atomic E-state index is -0.313. The third-order valence-corrected chi connectivity index (χ3v) is 6.60. The highest BCUT2D eigenvalue weighted by atomic mass is 79.9. The van der Waals surface area contributed by atoms with Crippen LogP contribution in [0.3, 0.4) is 0 Å². The number of aryl methyl sites for hydroxylation is 1. The third kappa shape index (κ3) is 3.32. The molecule has 0 unspecified atom stereocenters. The molecule has 1 aromatic heterocycles. The Hall–Kier alpha value is -1.96. The van der Waals surface area contributed by atoms with Gasteiger partial charge < -0.3 is 14.0 Å². The maximum absolute atomic E-state index is 12.8. The van der Waals surface area contributed by atoms with Crippen LogP contribution in [0.25, 0.3) is 10.9 Å². The zero-order chi connectivity index (χ0) is 19.8. The number of methoxy groups -OCH3 is 1. The Labute approximate surface area is 176 Å². The summed E-state index contributed by atoms with van der Waals surface area (Å²) < 4.78 is 14.1. The van der Waals surface area contributed by atoms with Crippen LogP contribution in [0.5, 0.6) is 5.75 Å². The van der Waals surface area contributed by atoms with E-state index in [1.807, 2.05) is 38.4 Å². The number of fused-ring (bicyclic) bond motifs is 3. The summed E-state index contributed by atoms with van der Waals surface area (Å²) in [5.74, 6) is 1.17. The van der Waals surface area contributed by atoms with Gasteiger partial charge in [0.1, 0.15) is 12.5 Å². The van der Waals surface area contributed by atoms with Crippen LogP contribution in [-0.2, 0) is 24.1 Å². The predicted molar refractivity (Wildman–Crippen MR) is 115 cm³/mol. The van der Waals surface area contributed by atoms with Gasteiger partial charge in [-0.2, -0.15) is 0 Å². The van der Waals surface area contributed by atoms with Crippen molar-refractivity contribution in [3.63, 3.8) is 0 Å². The van der Waals surface area contributed by atoms with Crippen molar-refractivity contribution in [3.8, 4) is 5.75 Å². The Balaban J connectivity index is 1.90. The number of ether oxygens (including phenoxy) is 2. The number of thioether (sulfide) groups is 1. The first kappa shape index (κ1) is 19.4. The van der Waals surface area contributed by atoms with Gasteiger partial charge in [0.2, 0.25) is 0 Å². The van der Waals surface area contributed by atoms with Crippen LogP contribution in [0.4, 0.5) is 0 Å². The van der Waals surface area contributed by atoms with Crippen LogP contribution >= 0.6 is 27.7 Å². The number of benzene rings is 2. The first-order valence-corrected chi connectivity index (χ1v) is 10.7. The highest BCUT2D eigenvalue weighted by Gasteiger charge is 2.29. The quantitative estimate of drug-likeness (QED) is 0.413. The first-order valence-electron chi connectivity index (χ1n) is 8.91. The summed E-state index contributed by atoms with van der Waals surface area (Å²) in [7, 11) is 5.44. The molecule has 0 amide bonds. The van der Waals surface area contributed by atoms with E-state index in [-0.39, 0.29) is 5.97 Å². The number of hydrogen-bond donors (Lipinski definition) is 0. The van der Waals surface area contributed by atoms with Gasteiger partial charge in [-0.25, -0.2) is 4.79 Å². The van der Waals surface area contributed by atoms with Crippen molar-refractivity contribution in [2.24, 2.45) is 7.05 Å². The number of halogens is 1. The van der Waals surface area contributed by atoms with Crippen molar-refractivity contribution >= 4 is 44.6 Å². The van der Waals surface area contributed by atoms with Crippen LogP contribution in [0, 0.1) is 0 Å². The molecule has 2 heterocycles. The molecule has 0 fully saturated rings. The van der Waals surface area contributed by atoms with Gasteiger partial charge in [0.25, 0.3) is 0 Å². The number of carbonyl (C=O) groups excluding carboxylic acids is 1. The van der Waals surface area contributed by atoms with Gasteiger partial charge in [0.15, 0.2) is 0 Å². The van der Waals surface area contributed by atoms with Crippen molar-refractivity contribution in [1.82, 2.24) is 9.47 Å². The summed E-state index contributed by atoms with van der Waals surface area (Å²) in [5, 5.41) is 0.919. The average Bonchev–Trinajstić information content (AvgIpc) is 2.98. The summed E-state index contributed by atoms with van der Waals surface area (Å²) in [5.41, 5.74) is 3.59. The van der Waals surface area contributed by atoms with Crippen molar-refractivity contribution in [2.45, 2.75) is 17.2 Å². The minimum Gasteiger partial charge on any atom is -0.477 e. The van der Waals surface area contributed by atoms with Crippen LogP contribution in [-0.4, -0.2) is 36.3 Å². The van der Waals surface area contributed by atoms with Gasteiger partial charge in [0.05, 0.1) is 22.7 Å². The van der Waals surface area contributed by atoms with Gasteiger partial charge >= 0.3 is 5.97 Å². The molecular formula is C21H21BrN2O3S. The van der Waals surface area contributed by atoms with Crippen LogP contribution in [0.15, 0.2) is 45.8 Å². The van der Waals surface area contributed by atoms with Crippen LogP contribution in [0.1, 0.15) is 21.6 Å². The second kappa shape index (κ2) is 7.81. The summed E-state index contributed by atoms with van der Waals surface area (Å²) in [6, 6.07) is 12.2. The molecule has 0 saturated carbocycles. The highest BCUT2D eigenvalue weighted by Crippen LogP contribution is 2.42. The molecule has 3 aromatic rings. The molecule has 1 aliphatic rings. The van der Waals surface area contributed by atoms with E-state index in [1.54, 1.807) is 11.8 Å². The molecule has 2 aromatic carbocycles. The lowest BCUT2D eigenvalue weighted by Gasteiger charge is -2.27. The molecule has 0 bridgehead atoms. The standard InChI is InChI=1S/C21H21BrN2O3S/c1-23-10-14-18-16(9-15(22)20(14)27-12-23)24(2)17(19(18)21(25)26-3)11-28-13-7-5-4-6-8-13/h4-9H,10-12H2,1-3H3. The Kier molecular flexibility index (Phi) is 5.40. The molecule has 1 aliphatic heterocycles. The van der Waals surface area contributed by atoms with E-state index in [2.05, 4.69) is 37.5 Å². The Morgan fingerprint density at radius 2 is 2.04 bits per heavy atom. The highest BCUT2D eigenvalue weighted by molar-refractivity contribution is 9.10. The molecule has 0 spiro atoms. The summed E-state index contributed by atoms with van der Waals surface area (Å²) in [6.45, 7) is 1.23. The van der Waals surface area contributed by atoms with Gasteiger partial charge in [-0.15, -0.1) is 11.8 Å². The van der Waals surface area contributed by atoms with E-state index in [1.165, 1.54) is 7.11 Å². The van der Waals surface area contributed by atoms with E-state index in [0.29, 0.717) is 24.6 Å². The van der Waals surface area contributed by atoms with Gasteiger partial charge in [-0.3, -0.25) is 4.90 Å². The fourth-order valence-electron chi connectivity index (χ4n) is 3.63. The lowest BCUT2D eigenvalue weighted by molar-refractivity contribution is 0.0601. The number of nitrogens with zero attached hydrogens (tertiary/aromatic N) is 2. The maximum atomic E-state index is 12.8. The summed E-state index contributed by atoms with van der Waals surface area (Å²) in [4.78, 5) is 16.1. The van der Waals surface area contributed by atoms with E-state index < -0.39 is 0 Å². The van der Waals surface area contributed by atoms with E-state index in [9.17, 15) is 4.79 Å². The average molecular weight is 461 g/mol. The van der Waals surface area contributed by atoms with Crippen LogP contribution < -0.4 is 4.74 Å². The number of aromatic nitrogens is 1. The largest absolute Gasteiger partial charge is 0.477 e. The number of hydrogen-bond acceptors (Lipinski definition) is 5. The Morgan fingerprint density at radius 1 is 1.29 bits per heavy atom. The Morgan fingerprint density at radius 3 is 2.75 bits per heavy atom. The van der Waals surface area contributed by atoms with Gasteiger partial charge in [-0.05, 0) is 41.2 Å². The van der Waals surface area contributed by atoms with Gasteiger partial charge in [0, 0.05) is 40.9 Å². The molecule has 0 radical (unpaired) electrons. The lowest BCUT2D eigenvalue weighted by atomic mass is 10.0. The predicted octanol–water partition coefficient (Wildman–Crippen LogP) is 4.80. The van der Waals surface area contributed by atoms with Crippen molar-refractivity contribution in [1.29, 1.82) is 0 Å². The topological polar surface area (TPSA) is 43.7 Å². The molecule has 4 rings (SSSR count). The smallest absolute Gasteiger partial charge is 0.340 e. The SMILES string of the molecule is COC(=O)c1c(CSc2ccccc2)n(C)c2cc(Br)c3c(c12)CN(C)CO3. The molecule has 146 valence electrons. The van der Waals surface area contributed by atoms with E-state index in [0.717, 1.165) is 37.3 Å². The third-order valence-electron chi connectivity index (χ3n) is 4.98. The summed E-state index contributed by atoms with van der Waals surface area (Å²) >= 11 is 5.35. The van der Waals surface area contributed by atoms with Crippen molar-refractivity contribution in [2.75, 3.05) is 20.9 Å². The van der Waals surface area contributed by atoms with Gasteiger partial charge in [-0.1, -0.05) is 18.2 Å². The van der Waals surface area contributed by atoms with E-state index in [4.69, 9.17) is 9.47 Å². The normalized spacial score (nSPS) is 14.0. The molecule has 0 atom stereocenters. The molecular weight excluding hydrogens is 440 g/mol. The lowest BCUT2D eigenvalue weighted by Crippen LogP contribution is -2.28. The number of rotatable bonds is 4. The van der Waals surface area contributed by atoms with Crippen molar-refractivity contribution < 1.29 is 14.3 Å². The molecule has 7 heteroatoms. The number of carbonyl (C=O) groups is 1. The monoisotopic (exact) mass is 460 g/mol. The molecule has 0 aliphatic carbocycles. The van der Waals surface area contributed by atoms with E-state index >= 15 is 0 Å². The second-order valence-electron chi connectivity index (χ2n) is 6.82. The molecule has 28 heavy (non-hydrogen) atoms. The molecule has 0 saturated heterocycles. The molecule has 5 nitrogen and oxygen atoms in total. The Bertz CT molecular complexity index is 1050.